The van der Waals surface area contributed by atoms with Crippen molar-refractivity contribution in [1.82, 2.24) is 0 Å². The topological polar surface area (TPSA) is 156 Å². The number of rotatable bonds is 5. The van der Waals surface area contributed by atoms with Gasteiger partial charge in [0.15, 0.2) is 22.7 Å². The van der Waals surface area contributed by atoms with E-state index in [1.165, 1.54) is 43.5 Å². The van der Waals surface area contributed by atoms with Crippen LogP contribution in [0.25, 0.3) is 22.3 Å². The number of carbonyl (C=O) groups excluding carboxylic acids is 1. The number of Topliss-reactive ketones (excluding diaryl/α,β-unsaturated/α-hetero) is 1. The summed E-state index contributed by atoms with van der Waals surface area (Å²) < 4.78 is 22.8. The molecule has 0 saturated heterocycles. The Kier molecular flexibility index (Phi) is 6.15. The summed E-state index contributed by atoms with van der Waals surface area (Å²) in [6, 6.07) is 17.5. The molecule has 0 unspecified atom stereocenters. The monoisotopic (exact) mass is 554 g/mol. The fraction of sp³-hybridized carbons (Fsp3) is 0.0968. The predicted molar refractivity (Wildman–Crippen MR) is 146 cm³/mol. The highest BCUT2D eigenvalue weighted by atomic mass is 16.5. The average molecular weight is 555 g/mol. The van der Waals surface area contributed by atoms with E-state index < -0.39 is 17.3 Å². The van der Waals surface area contributed by atoms with E-state index in [0.717, 1.165) is 6.07 Å². The molecule has 1 aliphatic heterocycles. The number of fused-ring (bicyclic) bond motifs is 2. The van der Waals surface area contributed by atoms with Crippen LogP contribution in [0, 0.1) is 0 Å². The van der Waals surface area contributed by atoms with Crippen LogP contribution in [0.1, 0.15) is 28.4 Å². The number of phenolic OH excluding ortho intramolecular Hbond substituents is 4. The van der Waals surface area contributed by atoms with Crippen molar-refractivity contribution >= 4 is 16.8 Å². The summed E-state index contributed by atoms with van der Waals surface area (Å²) >= 11 is 0. The van der Waals surface area contributed by atoms with Gasteiger partial charge in [-0.15, -0.1) is 0 Å². The van der Waals surface area contributed by atoms with Crippen molar-refractivity contribution < 1.29 is 43.8 Å². The SMILES string of the molecule is COc1cc(O)c2c(c1)O[C@H](c1ccc(Oc3cc(-c4cc(=O)c5c(O)cc(O)cc5o4)ccc3O)cc1)CC2=O. The van der Waals surface area contributed by atoms with Crippen LogP contribution in [0.3, 0.4) is 0 Å². The molecule has 1 aliphatic rings. The van der Waals surface area contributed by atoms with E-state index in [9.17, 15) is 30.0 Å². The lowest BCUT2D eigenvalue weighted by Crippen LogP contribution is -2.20. The second-order valence-corrected chi connectivity index (χ2v) is 9.42. The van der Waals surface area contributed by atoms with Crippen molar-refractivity contribution in [2.45, 2.75) is 12.5 Å². The molecule has 0 fully saturated rings. The molecule has 10 nitrogen and oxygen atoms in total. The number of aromatic hydroxyl groups is 4. The third-order valence-corrected chi connectivity index (χ3v) is 6.73. The normalized spacial score (nSPS) is 14.4. The van der Waals surface area contributed by atoms with Crippen molar-refractivity contribution in [3.8, 4) is 57.3 Å². The van der Waals surface area contributed by atoms with Gasteiger partial charge in [0.1, 0.15) is 62.9 Å². The van der Waals surface area contributed by atoms with Crippen LogP contribution in [-0.2, 0) is 0 Å². The maximum atomic E-state index is 12.7. The minimum Gasteiger partial charge on any atom is -0.508 e. The number of phenols is 4. The highest BCUT2D eigenvalue weighted by molar-refractivity contribution is 6.02. The Bertz CT molecular complexity index is 1890. The zero-order valence-corrected chi connectivity index (χ0v) is 21.5. The maximum absolute atomic E-state index is 12.7. The molecule has 4 N–H and O–H groups in total. The van der Waals surface area contributed by atoms with E-state index in [2.05, 4.69) is 0 Å². The molecule has 206 valence electrons. The summed E-state index contributed by atoms with van der Waals surface area (Å²) in [6.45, 7) is 0. The minimum absolute atomic E-state index is 0.00387. The smallest absolute Gasteiger partial charge is 0.197 e. The van der Waals surface area contributed by atoms with Crippen LogP contribution in [0.2, 0.25) is 0 Å². The Morgan fingerprint density at radius 2 is 1.59 bits per heavy atom. The molecule has 0 aliphatic carbocycles. The molecule has 0 bridgehead atoms. The largest absolute Gasteiger partial charge is 0.508 e. The molecule has 4 aromatic carbocycles. The molecule has 10 heteroatoms. The molecule has 6 rings (SSSR count). The fourth-order valence-corrected chi connectivity index (χ4v) is 4.74. The van der Waals surface area contributed by atoms with E-state index in [1.54, 1.807) is 30.3 Å². The van der Waals surface area contributed by atoms with Crippen LogP contribution in [0.15, 0.2) is 82.0 Å². The summed E-state index contributed by atoms with van der Waals surface area (Å²) in [5.41, 5.74) is 0.706. The van der Waals surface area contributed by atoms with E-state index in [4.69, 9.17) is 18.6 Å². The van der Waals surface area contributed by atoms with Gasteiger partial charge >= 0.3 is 0 Å². The van der Waals surface area contributed by atoms with Gasteiger partial charge in [0.2, 0.25) is 0 Å². The molecule has 0 radical (unpaired) electrons. The van der Waals surface area contributed by atoms with Crippen LogP contribution in [0.5, 0.6) is 46.0 Å². The Balaban J connectivity index is 1.25. The lowest BCUT2D eigenvalue weighted by atomic mass is 9.95. The lowest BCUT2D eigenvalue weighted by molar-refractivity contribution is 0.0844. The highest BCUT2D eigenvalue weighted by Crippen LogP contribution is 2.42. The second kappa shape index (κ2) is 9.83. The number of benzene rings is 4. The molecule has 0 amide bonds. The van der Waals surface area contributed by atoms with Gasteiger partial charge in [-0.3, -0.25) is 9.59 Å². The van der Waals surface area contributed by atoms with Gasteiger partial charge in [0.05, 0.1) is 13.5 Å². The van der Waals surface area contributed by atoms with Crippen molar-refractivity contribution in [3.05, 3.63) is 94.1 Å². The van der Waals surface area contributed by atoms with Gasteiger partial charge in [-0.2, -0.15) is 0 Å². The number of carbonyl (C=O) groups is 1. The fourth-order valence-electron chi connectivity index (χ4n) is 4.74. The summed E-state index contributed by atoms with van der Waals surface area (Å²) in [5, 5.41) is 40.4. The zero-order valence-electron chi connectivity index (χ0n) is 21.5. The lowest BCUT2D eigenvalue weighted by Gasteiger charge is -2.26. The third kappa shape index (κ3) is 4.71. The summed E-state index contributed by atoms with van der Waals surface area (Å²) in [6.07, 6.45) is -0.565. The van der Waals surface area contributed by atoms with Gasteiger partial charge in [-0.25, -0.2) is 0 Å². The first-order valence-electron chi connectivity index (χ1n) is 12.4. The Morgan fingerprint density at radius 1 is 0.805 bits per heavy atom. The maximum Gasteiger partial charge on any atom is 0.197 e. The van der Waals surface area contributed by atoms with Crippen molar-refractivity contribution in [1.29, 1.82) is 0 Å². The first kappa shape index (κ1) is 25.6. The number of ketones is 1. The van der Waals surface area contributed by atoms with E-state index >= 15 is 0 Å². The highest BCUT2D eigenvalue weighted by Gasteiger charge is 2.31. The first-order valence-corrected chi connectivity index (χ1v) is 12.4. The molecule has 1 aromatic heterocycles. The standard InChI is InChI=1S/C31H22O10/c1-38-19-11-22(35)31-23(36)13-25(40-29(31)12-19)15-2-5-18(6-3-15)39-27-8-16(4-7-20(27)33)26-14-24(37)30-21(34)9-17(32)10-28(30)41-26/h2-12,14,25,32-35H,13H2,1H3/t25-/m0/s1. The minimum atomic E-state index is -0.595. The summed E-state index contributed by atoms with van der Waals surface area (Å²) in [5.74, 6) is -0.109. The van der Waals surface area contributed by atoms with Gasteiger partial charge in [0, 0.05) is 35.9 Å². The molecule has 0 spiro atoms. The van der Waals surface area contributed by atoms with Crippen LogP contribution >= 0.6 is 0 Å². The van der Waals surface area contributed by atoms with E-state index in [0.29, 0.717) is 22.6 Å². The van der Waals surface area contributed by atoms with Crippen LogP contribution < -0.4 is 19.6 Å². The van der Waals surface area contributed by atoms with E-state index in [1.807, 2.05) is 0 Å². The second-order valence-electron chi connectivity index (χ2n) is 9.42. The van der Waals surface area contributed by atoms with Crippen molar-refractivity contribution in [2.75, 3.05) is 7.11 Å². The molecule has 2 heterocycles. The summed E-state index contributed by atoms with van der Waals surface area (Å²) in [7, 11) is 1.45. The molecule has 41 heavy (non-hydrogen) atoms. The third-order valence-electron chi connectivity index (χ3n) is 6.73. The Labute approximate surface area is 231 Å². The zero-order chi connectivity index (χ0) is 28.8. The van der Waals surface area contributed by atoms with Crippen LogP contribution in [0.4, 0.5) is 0 Å². The molecular formula is C31H22O10. The van der Waals surface area contributed by atoms with Crippen molar-refractivity contribution in [3.63, 3.8) is 0 Å². The summed E-state index contributed by atoms with van der Waals surface area (Å²) in [4.78, 5) is 25.3. The van der Waals surface area contributed by atoms with Gasteiger partial charge in [-0.05, 0) is 35.9 Å². The Hall–Kier alpha value is -5.64. The molecule has 5 aromatic rings. The first-order chi connectivity index (χ1) is 19.7. The molecular weight excluding hydrogens is 532 g/mol. The van der Waals surface area contributed by atoms with Gasteiger partial charge in [-0.1, -0.05) is 12.1 Å². The van der Waals surface area contributed by atoms with Crippen molar-refractivity contribution in [2.24, 2.45) is 0 Å². The van der Waals surface area contributed by atoms with Gasteiger partial charge in [0.25, 0.3) is 0 Å². The van der Waals surface area contributed by atoms with Gasteiger partial charge < -0.3 is 39.1 Å². The number of hydrogen-bond donors (Lipinski definition) is 4. The van der Waals surface area contributed by atoms with E-state index in [-0.39, 0.29) is 63.2 Å². The number of hydrogen-bond acceptors (Lipinski definition) is 10. The number of methoxy groups -OCH3 is 1. The quantitative estimate of drug-likeness (QED) is 0.210. The number of ether oxygens (including phenoxy) is 3. The van der Waals surface area contributed by atoms with Crippen LogP contribution in [-0.4, -0.2) is 33.3 Å². The molecule has 0 saturated carbocycles. The Morgan fingerprint density at radius 3 is 2.34 bits per heavy atom. The predicted octanol–water partition coefficient (Wildman–Crippen LogP) is 5.79. The molecule has 1 atom stereocenters. The average Bonchev–Trinajstić information content (AvgIpc) is 2.93.